The van der Waals surface area contributed by atoms with Crippen molar-refractivity contribution in [1.82, 2.24) is 10.6 Å². The van der Waals surface area contributed by atoms with Crippen LogP contribution < -0.4 is 10.6 Å². The minimum absolute atomic E-state index is 0.0849. The molecule has 1 fully saturated rings. The highest BCUT2D eigenvalue weighted by atomic mass is 16.2. The maximum Gasteiger partial charge on any atom is 0.238 e. The van der Waals surface area contributed by atoms with Crippen LogP contribution in [0.2, 0.25) is 0 Å². The van der Waals surface area contributed by atoms with Crippen molar-refractivity contribution in [1.29, 1.82) is 0 Å². The van der Waals surface area contributed by atoms with E-state index in [0.29, 0.717) is 13.0 Å². The molecule has 0 saturated carbocycles. The highest BCUT2D eigenvalue weighted by Crippen LogP contribution is 2.05. The number of rotatable bonds is 1. The van der Waals surface area contributed by atoms with Crippen molar-refractivity contribution in [3.05, 3.63) is 0 Å². The Bertz CT molecular complexity index is 230. The van der Waals surface area contributed by atoms with Gasteiger partial charge in [0, 0.05) is 12.0 Å². The SMILES string of the molecule is CC(C)(C)NC(=O)[C@@H]1CC(=O)CN1. The molecule has 1 saturated heterocycles. The Morgan fingerprint density at radius 3 is 2.54 bits per heavy atom. The fraction of sp³-hybridized carbons (Fsp3) is 0.778. The molecule has 0 aliphatic carbocycles. The van der Waals surface area contributed by atoms with Crippen molar-refractivity contribution in [2.75, 3.05) is 6.54 Å². The summed E-state index contributed by atoms with van der Waals surface area (Å²) in [5.41, 5.74) is -0.232. The average molecular weight is 184 g/mol. The molecule has 1 rings (SSSR count). The number of ketones is 1. The van der Waals surface area contributed by atoms with Crippen LogP contribution in [0.25, 0.3) is 0 Å². The van der Waals surface area contributed by atoms with Crippen molar-refractivity contribution in [3.8, 4) is 0 Å². The second kappa shape index (κ2) is 3.46. The molecule has 0 radical (unpaired) electrons. The van der Waals surface area contributed by atoms with Crippen LogP contribution in [0.5, 0.6) is 0 Å². The number of carbonyl (C=O) groups is 2. The van der Waals surface area contributed by atoms with Crippen LogP contribution in [-0.2, 0) is 9.59 Å². The zero-order valence-corrected chi connectivity index (χ0v) is 8.31. The number of nitrogens with one attached hydrogen (secondary N) is 2. The number of hydrogen-bond donors (Lipinski definition) is 2. The Hall–Kier alpha value is -0.900. The maximum absolute atomic E-state index is 11.5. The third kappa shape index (κ3) is 3.14. The van der Waals surface area contributed by atoms with Gasteiger partial charge in [0.2, 0.25) is 5.91 Å². The van der Waals surface area contributed by atoms with Gasteiger partial charge in [-0.05, 0) is 20.8 Å². The van der Waals surface area contributed by atoms with Gasteiger partial charge in [-0.15, -0.1) is 0 Å². The summed E-state index contributed by atoms with van der Waals surface area (Å²) in [6.45, 7) is 6.08. The van der Waals surface area contributed by atoms with E-state index in [1.54, 1.807) is 0 Å². The van der Waals surface area contributed by atoms with Crippen molar-refractivity contribution < 1.29 is 9.59 Å². The fourth-order valence-corrected chi connectivity index (χ4v) is 1.25. The molecule has 0 bridgehead atoms. The summed E-state index contributed by atoms with van der Waals surface area (Å²) in [7, 11) is 0. The van der Waals surface area contributed by atoms with E-state index < -0.39 is 0 Å². The van der Waals surface area contributed by atoms with Gasteiger partial charge in [-0.3, -0.25) is 14.9 Å². The molecule has 4 heteroatoms. The van der Waals surface area contributed by atoms with E-state index in [9.17, 15) is 9.59 Å². The van der Waals surface area contributed by atoms with E-state index in [-0.39, 0.29) is 23.3 Å². The Morgan fingerprint density at radius 1 is 1.54 bits per heavy atom. The zero-order valence-electron chi connectivity index (χ0n) is 8.31. The summed E-state index contributed by atoms with van der Waals surface area (Å²) in [4.78, 5) is 22.4. The van der Waals surface area contributed by atoms with Gasteiger partial charge in [0.25, 0.3) is 0 Å². The Balaban J connectivity index is 2.45. The van der Waals surface area contributed by atoms with E-state index in [1.165, 1.54) is 0 Å². The van der Waals surface area contributed by atoms with Crippen LogP contribution in [-0.4, -0.2) is 29.8 Å². The van der Waals surface area contributed by atoms with Crippen molar-refractivity contribution >= 4 is 11.7 Å². The monoisotopic (exact) mass is 184 g/mol. The van der Waals surface area contributed by atoms with E-state index in [2.05, 4.69) is 10.6 Å². The van der Waals surface area contributed by atoms with E-state index >= 15 is 0 Å². The minimum Gasteiger partial charge on any atom is -0.350 e. The van der Waals surface area contributed by atoms with Gasteiger partial charge in [0.05, 0.1) is 12.6 Å². The number of carbonyl (C=O) groups excluding carboxylic acids is 2. The molecule has 4 nitrogen and oxygen atoms in total. The predicted octanol–water partition coefficient (Wildman–Crippen LogP) is -0.168. The summed E-state index contributed by atoms with van der Waals surface area (Å²) in [6.07, 6.45) is 0.321. The number of Topliss-reactive ketones (excluding diaryl/α,β-unsaturated/α-hetero) is 1. The van der Waals surface area contributed by atoms with Gasteiger partial charge in [-0.25, -0.2) is 0 Å². The summed E-state index contributed by atoms with van der Waals surface area (Å²) < 4.78 is 0. The molecule has 0 aromatic heterocycles. The predicted molar refractivity (Wildman–Crippen MR) is 49.3 cm³/mol. The molecule has 1 atom stereocenters. The van der Waals surface area contributed by atoms with Crippen LogP contribution in [0.15, 0.2) is 0 Å². The molecule has 0 aromatic carbocycles. The molecule has 13 heavy (non-hydrogen) atoms. The fourth-order valence-electron chi connectivity index (χ4n) is 1.25. The van der Waals surface area contributed by atoms with Crippen LogP contribution in [0, 0.1) is 0 Å². The van der Waals surface area contributed by atoms with Crippen LogP contribution in [0.1, 0.15) is 27.2 Å². The Labute approximate surface area is 78.1 Å². The largest absolute Gasteiger partial charge is 0.350 e. The topological polar surface area (TPSA) is 58.2 Å². The molecule has 2 N–H and O–H groups in total. The molecule has 0 unspecified atom stereocenters. The molecular formula is C9H16N2O2. The molecule has 1 amide bonds. The molecule has 74 valence electrons. The Kier molecular flexibility index (Phi) is 2.71. The van der Waals surface area contributed by atoms with Crippen molar-refractivity contribution in [2.45, 2.75) is 38.8 Å². The second-order valence-corrected chi connectivity index (χ2v) is 4.42. The van der Waals surface area contributed by atoms with Gasteiger partial charge in [-0.1, -0.05) is 0 Å². The molecule has 1 aliphatic rings. The third-order valence-corrected chi connectivity index (χ3v) is 1.79. The molecule has 0 spiro atoms. The highest BCUT2D eigenvalue weighted by Gasteiger charge is 2.29. The smallest absolute Gasteiger partial charge is 0.238 e. The summed E-state index contributed by atoms with van der Waals surface area (Å²) in [5, 5.41) is 5.70. The van der Waals surface area contributed by atoms with Gasteiger partial charge in [-0.2, -0.15) is 0 Å². The van der Waals surface area contributed by atoms with Crippen molar-refractivity contribution in [2.24, 2.45) is 0 Å². The Morgan fingerprint density at radius 2 is 2.15 bits per heavy atom. The van der Waals surface area contributed by atoms with Crippen LogP contribution >= 0.6 is 0 Å². The van der Waals surface area contributed by atoms with Gasteiger partial charge < -0.3 is 5.32 Å². The van der Waals surface area contributed by atoms with Crippen molar-refractivity contribution in [3.63, 3.8) is 0 Å². The lowest BCUT2D eigenvalue weighted by atomic mass is 10.1. The average Bonchev–Trinajstić information content (AvgIpc) is 2.31. The lowest BCUT2D eigenvalue weighted by molar-refractivity contribution is -0.125. The highest BCUT2D eigenvalue weighted by molar-refractivity contribution is 5.93. The number of amides is 1. The first kappa shape index (κ1) is 10.2. The first-order valence-corrected chi connectivity index (χ1v) is 4.45. The van der Waals surface area contributed by atoms with Crippen LogP contribution in [0.3, 0.4) is 0 Å². The molecule has 1 aliphatic heterocycles. The normalized spacial score (nSPS) is 23.3. The lowest BCUT2D eigenvalue weighted by Crippen LogP contribution is -2.48. The standard InChI is InChI=1S/C9H16N2O2/c1-9(2,3)11-8(13)7-4-6(12)5-10-7/h7,10H,4-5H2,1-3H3,(H,11,13)/t7-/m0/s1. The van der Waals surface area contributed by atoms with Gasteiger partial charge in [0.1, 0.15) is 5.78 Å². The summed E-state index contributed by atoms with van der Waals surface area (Å²) in [5.74, 6) is 0.0207. The van der Waals surface area contributed by atoms with E-state index in [0.717, 1.165) is 0 Å². The molecular weight excluding hydrogens is 168 g/mol. The summed E-state index contributed by atoms with van der Waals surface area (Å²) in [6, 6.07) is -0.327. The minimum atomic E-state index is -0.327. The second-order valence-electron chi connectivity index (χ2n) is 4.42. The lowest BCUT2D eigenvalue weighted by Gasteiger charge is -2.22. The first-order chi connectivity index (χ1) is 5.88. The maximum atomic E-state index is 11.5. The van der Waals surface area contributed by atoms with Crippen LogP contribution in [0.4, 0.5) is 0 Å². The zero-order chi connectivity index (χ0) is 10.1. The first-order valence-electron chi connectivity index (χ1n) is 4.45. The van der Waals surface area contributed by atoms with E-state index in [1.807, 2.05) is 20.8 Å². The van der Waals surface area contributed by atoms with E-state index in [4.69, 9.17) is 0 Å². The summed E-state index contributed by atoms with van der Waals surface area (Å²) >= 11 is 0. The quantitative estimate of drug-likeness (QED) is 0.595. The molecule has 1 heterocycles. The third-order valence-electron chi connectivity index (χ3n) is 1.79. The van der Waals surface area contributed by atoms with Gasteiger partial charge in [0.15, 0.2) is 0 Å². The van der Waals surface area contributed by atoms with Gasteiger partial charge >= 0.3 is 0 Å². The molecule has 0 aromatic rings. The number of hydrogen-bond acceptors (Lipinski definition) is 3.